The number of carbonyl (C=O) groups excluding carboxylic acids is 1. The summed E-state index contributed by atoms with van der Waals surface area (Å²) in [6.07, 6.45) is 1.94. The molecule has 10 heteroatoms. The van der Waals surface area contributed by atoms with Gasteiger partial charge in [0.1, 0.15) is 5.69 Å². The minimum absolute atomic E-state index is 0.0351. The van der Waals surface area contributed by atoms with Gasteiger partial charge in [0.25, 0.3) is 15.9 Å². The number of aliphatic carboxylic acids is 1. The molecule has 8 nitrogen and oxygen atoms in total. The number of carboxylic acid groups (broad SMARTS) is 1. The zero-order chi connectivity index (χ0) is 18.6. The molecule has 134 valence electrons. The maximum Gasteiger partial charge on any atom is 0.303 e. The van der Waals surface area contributed by atoms with E-state index in [1.165, 1.54) is 24.3 Å². The highest BCUT2D eigenvalue weighted by atomic mass is 79.9. The second-order valence-corrected chi connectivity index (χ2v) is 7.85. The quantitative estimate of drug-likeness (QED) is 0.575. The molecule has 0 unspecified atom stereocenters. The Labute approximate surface area is 153 Å². The molecule has 0 radical (unpaired) electrons. The van der Waals surface area contributed by atoms with Crippen LogP contribution in [0.4, 0.5) is 0 Å². The van der Waals surface area contributed by atoms with Gasteiger partial charge in [-0.05, 0) is 46.1 Å². The molecule has 1 heterocycles. The molecule has 1 aromatic carbocycles. The van der Waals surface area contributed by atoms with E-state index in [2.05, 4.69) is 21.4 Å². The van der Waals surface area contributed by atoms with Crippen LogP contribution in [0.3, 0.4) is 0 Å². The summed E-state index contributed by atoms with van der Waals surface area (Å²) in [7, 11) is -2.28. The summed E-state index contributed by atoms with van der Waals surface area (Å²) in [5.41, 5.74) is 3.13. The number of carboxylic acids is 1. The largest absolute Gasteiger partial charge is 0.481 e. The summed E-state index contributed by atoms with van der Waals surface area (Å²) >= 11 is 3.23. The summed E-state index contributed by atoms with van der Waals surface area (Å²) in [6.45, 7) is 0. The number of aromatic nitrogens is 1. The first-order valence-electron chi connectivity index (χ1n) is 7.14. The maximum atomic E-state index is 12.2. The van der Waals surface area contributed by atoms with E-state index < -0.39 is 21.9 Å². The van der Waals surface area contributed by atoms with E-state index in [1.807, 2.05) is 4.83 Å². The molecule has 25 heavy (non-hydrogen) atoms. The molecule has 0 aliphatic carbocycles. The topological polar surface area (TPSA) is 118 Å². The van der Waals surface area contributed by atoms with Gasteiger partial charge in [-0.25, -0.2) is 8.42 Å². The zero-order valence-corrected chi connectivity index (χ0v) is 15.6. The molecule has 0 aliphatic rings. The van der Waals surface area contributed by atoms with Crippen LogP contribution in [-0.4, -0.2) is 30.0 Å². The number of aryl methyl sites for hydroxylation is 2. The fourth-order valence-corrected chi connectivity index (χ4v) is 3.44. The van der Waals surface area contributed by atoms with Crippen molar-refractivity contribution in [3.63, 3.8) is 0 Å². The van der Waals surface area contributed by atoms with E-state index in [9.17, 15) is 18.0 Å². The minimum atomic E-state index is -3.94. The third-order valence-electron chi connectivity index (χ3n) is 3.36. The second-order valence-electron chi connectivity index (χ2n) is 5.25. The minimum Gasteiger partial charge on any atom is -0.481 e. The molecular formula is C15H16BrN3O5S. The van der Waals surface area contributed by atoms with Crippen molar-refractivity contribution in [2.45, 2.75) is 17.7 Å². The summed E-state index contributed by atoms with van der Waals surface area (Å²) < 4.78 is 26.6. The zero-order valence-electron chi connectivity index (χ0n) is 13.2. The van der Waals surface area contributed by atoms with Crippen LogP contribution < -0.4 is 10.3 Å². The van der Waals surface area contributed by atoms with Gasteiger partial charge >= 0.3 is 5.97 Å². The molecule has 1 amide bonds. The predicted octanol–water partition coefficient (Wildman–Crippen LogP) is 1.43. The maximum absolute atomic E-state index is 12.2. The molecule has 2 rings (SSSR count). The van der Waals surface area contributed by atoms with E-state index in [0.29, 0.717) is 16.5 Å². The van der Waals surface area contributed by atoms with Gasteiger partial charge in [-0.15, -0.1) is 4.83 Å². The summed E-state index contributed by atoms with van der Waals surface area (Å²) in [5.74, 6) is -1.52. The van der Waals surface area contributed by atoms with Crippen molar-refractivity contribution in [2.75, 3.05) is 0 Å². The number of hydrogen-bond acceptors (Lipinski definition) is 4. The molecule has 3 N–H and O–H groups in total. The van der Waals surface area contributed by atoms with Crippen LogP contribution in [0, 0.1) is 0 Å². The van der Waals surface area contributed by atoms with Crippen molar-refractivity contribution in [2.24, 2.45) is 7.05 Å². The summed E-state index contributed by atoms with van der Waals surface area (Å²) in [4.78, 5) is 24.6. The van der Waals surface area contributed by atoms with Gasteiger partial charge in [0.05, 0.1) is 4.90 Å². The average molecular weight is 430 g/mol. The van der Waals surface area contributed by atoms with Crippen LogP contribution in [0.15, 0.2) is 45.9 Å². The SMILES string of the molecule is Cn1cc(Br)cc1C(=O)NNS(=O)(=O)c1ccc(CCC(=O)O)cc1. The number of hydrazine groups is 1. The molecule has 0 atom stereocenters. The first-order valence-corrected chi connectivity index (χ1v) is 9.41. The monoisotopic (exact) mass is 429 g/mol. The van der Waals surface area contributed by atoms with Gasteiger partial charge in [-0.1, -0.05) is 12.1 Å². The number of nitrogens with one attached hydrogen (secondary N) is 2. The molecule has 1 aromatic heterocycles. The molecule has 0 bridgehead atoms. The highest BCUT2D eigenvalue weighted by Crippen LogP contribution is 2.14. The first-order chi connectivity index (χ1) is 11.7. The molecule has 0 aliphatic heterocycles. The molecule has 0 fully saturated rings. The van der Waals surface area contributed by atoms with Gasteiger partial charge in [0.15, 0.2) is 0 Å². The van der Waals surface area contributed by atoms with Crippen LogP contribution in [0.5, 0.6) is 0 Å². The third-order valence-corrected chi connectivity index (χ3v) is 5.06. The third kappa shape index (κ3) is 5.15. The van der Waals surface area contributed by atoms with Crippen molar-refractivity contribution in [1.29, 1.82) is 0 Å². The Morgan fingerprint density at radius 1 is 1.24 bits per heavy atom. The molecule has 0 spiro atoms. The standard InChI is InChI=1S/C15H16BrN3O5S/c1-19-9-11(16)8-13(19)15(22)17-18-25(23,24)12-5-2-10(3-6-12)4-7-14(20)21/h2-3,5-6,8-9,18H,4,7H2,1H3,(H,17,22)(H,20,21). The van der Waals surface area contributed by atoms with Gasteiger partial charge < -0.3 is 9.67 Å². The first kappa shape index (κ1) is 19.2. The molecule has 0 saturated heterocycles. The van der Waals surface area contributed by atoms with Crippen LogP contribution in [-0.2, 0) is 28.3 Å². The van der Waals surface area contributed by atoms with Crippen molar-refractivity contribution in [1.82, 2.24) is 14.8 Å². The molecule has 2 aromatic rings. The van der Waals surface area contributed by atoms with Crippen molar-refractivity contribution in [3.8, 4) is 0 Å². The Balaban J connectivity index is 2.02. The smallest absolute Gasteiger partial charge is 0.303 e. The van der Waals surface area contributed by atoms with Crippen LogP contribution in [0.2, 0.25) is 0 Å². The van der Waals surface area contributed by atoms with Gasteiger partial charge in [0, 0.05) is 24.1 Å². The van der Waals surface area contributed by atoms with E-state index in [4.69, 9.17) is 5.11 Å². The number of hydrogen-bond donors (Lipinski definition) is 3. The van der Waals surface area contributed by atoms with E-state index >= 15 is 0 Å². The van der Waals surface area contributed by atoms with E-state index in [1.54, 1.807) is 23.9 Å². The van der Waals surface area contributed by atoms with Crippen molar-refractivity contribution in [3.05, 3.63) is 52.3 Å². The van der Waals surface area contributed by atoms with Crippen molar-refractivity contribution < 1.29 is 23.1 Å². The van der Waals surface area contributed by atoms with Crippen molar-refractivity contribution >= 4 is 37.8 Å². The Bertz CT molecular complexity index is 890. The number of sulfonamides is 1. The fourth-order valence-electron chi connectivity index (χ4n) is 2.07. The van der Waals surface area contributed by atoms with Crippen LogP contribution in [0.25, 0.3) is 0 Å². The number of benzene rings is 1. The average Bonchev–Trinajstić information content (AvgIpc) is 2.89. The lowest BCUT2D eigenvalue weighted by Crippen LogP contribution is -2.42. The summed E-state index contributed by atoms with van der Waals surface area (Å²) in [6, 6.07) is 7.33. The number of rotatable bonds is 7. The van der Waals surface area contributed by atoms with Gasteiger partial charge in [-0.3, -0.25) is 15.0 Å². The Morgan fingerprint density at radius 3 is 2.40 bits per heavy atom. The van der Waals surface area contributed by atoms with E-state index in [-0.39, 0.29) is 17.0 Å². The number of carbonyl (C=O) groups is 2. The Kier molecular flexibility index (Phi) is 5.98. The lowest BCUT2D eigenvalue weighted by molar-refractivity contribution is -0.136. The summed E-state index contributed by atoms with van der Waals surface area (Å²) in [5, 5.41) is 8.64. The second kappa shape index (κ2) is 7.81. The molecular weight excluding hydrogens is 414 g/mol. The highest BCUT2D eigenvalue weighted by molar-refractivity contribution is 9.10. The van der Waals surface area contributed by atoms with Gasteiger partial charge in [0.2, 0.25) is 0 Å². The highest BCUT2D eigenvalue weighted by Gasteiger charge is 2.17. The lowest BCUT2D eigenvalue weighted by atomic mass is 10.1. The van der Waals surface area contributed by atoms with Crippen LogP contribution in [0.1, 0.15) is 22.5 Å². The lowest BCUT2D eigenvalue weighted by Gasteiger charge is -2.09. The predicted molar refractivity (Wildman–Crippen MR) is 93.3 cm³/mol. The Hall–Kier alpha value is -2.17. The van der Waals surface area contributed by atoms with Crippen LogP contribution >= 0.6 is 15.9 Å². The Morgan fingerprint density at radius 2 is 1.88 bits per heavy atom. The number of nitrogens with zero attached hydrogens (tertiary/aromatic N) is 1. The van der Waals surface area contributed by atoms with E-state index in [0.717, 1.165) is 0 Å². The van der Waals surface area contributed by atoms with Gasteiger partial charge in [-0.2, -0.15) is 0 Å². The number of halogens is 1. The number of amides is 1. The molecule has 0 saturated carbocycles. The normalized spacial score (nSPS) is 11.3. The fraction of sp³-hybridized carbons (Fsp3) is 0.200.